The van der Waals surface area contributed by atoms with E-state index in [2.05, 4.69) is 5.32 Å². The molecule has 1 aliphatic heterocycles. The molecule has 0 radical (unpaired) electrons. The average Bonchev–Trinajstić information content (AvgIpc) is 2.74. The van der Waals surface area contributed by atoms with Crippen molar-refractivity contribution in [3.63, 3.8) is 0 Å². The first-order chi connectivity index (χ1) is 9.01. The molecular weight excluding hydrogens is 258 g/mol. The summed E-state index contributed by atoms with van der Waals surface area (Å²) in [7, 11) is 0. The fourth-order valence-corrected chi connectivity index (χ4v) is 2.09. The number of rotatable bonds is 2. The quantitative estimate of drug-likeness (QED) is 0.749. The van der Waals surface area contributed by atoms with Crippen molar-refractivity contribution in [3.05, 3.63) is 29.8 Å². The van der Waals surface area contributed by atoms with Gasteiger partial charge in [0, 0.05) is 12.6 Å². The molecule has 1 saturated heterocycles. The monoisotopic (exact) mass is 272 g/mol. The molecule has 0 saturated carbocycles. The van der Waals surface area contributed by atoms with Crippen LogP contribution in [0.25, 0.3) is 0 Å². The molecule has 3 N–H and O–H groups in total. The molecule has 7 heteroatoms. The van der Waals surface area contributed by atoms with E-state index < -0.39 is 29.8 Å². The Balaban J connectivity index is 2.08. The zero-order valence-corrected chi connectivity index (χ0v) is 10.0. The molecule has 0 unspecified atom stereocenters. The molecule has 19 heavy (non-hydrogen) atoms. The van der Waals surface area contributed by atoms with Crippen LogP contribution in [0, 0.1) is 11.6 Å². The lowest BCUT2D eigenvalue weighted by Crippen LogP contribution is -2.41. The lowest BCUT2D eigenvalue weighted by molar-refractivity contribution is 0.164. The van der Waals surface area contributed by atoms with E-state index in [1.54, 1.807) is 0 Å². The molecule has 5 nitrogen and oxygen atoms in total. The Labute approximate surface area is 108 Å². The van der Waals surface area contributed by atoms with E-state index in [9.17, 15) is 18.7 Å². The molecule has 1 aromatic rings. The molecule has 0 aliphatic carbocycles. The van der Waals surface area contributed by atoms with Crippen LogP contribution < -0.4 is 5.32 Å². The maximum absolute atomic E-state index is 13.4. The second-order valence-electron chi connectivity index (χ2n) is 4.43. The lowest BCUT2D eigenvalue weighted by Gasteiger charge is -2.23. The fourth-order valence-electron chi connectivity index (χ4n) is 2.09. The Morgan fingerprint density at radius 2 is 2.21 bits per heavy atom. The highest BCUT2D eigenvalue weighted by molar-refractivity contribution is 5.89. The Hall–Kier alpha value is -1.73. The van der Waals surface area contributed by atoms with Crippen LogP contribution in [0.5, 0.6) is 0 Å². The Morgan fingerprint density at radius 3 is 2.84 bits per heavy atom. The molecule has 104 valence electrons. The highest BCUT2D eigenvalue weighted by Gasteiger charge is 2.34. The maximum atomic E-state index is 13.4. The number of anilines is 1. The predicted octanol–water partition coefficient (Wildman–Crippen LogP) is 0.924. The third-order valence-electron chi connectivity index (χ3n) is 3.04. The summed E-state index contributed by atoms with van der Waals surface area (Å²) in [6.07, 6.45) is -0.434. The molecule has 1 aromatic carbocycles. The number of carbonyl (C=O) groups is 1. The second kappa shape index (κ2) is 5.50. The Bertz CT molecular complexity index is 484. The highest BCUT2D eigenvalue weighted by atomic mass is 19.1. The van der Waals surface area contributed by atoms with Crippen molar-refractivity contribution >= 4 is 11.7 Å². The van der Waals surface area contributed by atoms with Crippen LogP contribution in [0.1, 0.15) is 6.42 Å². The van der Waals surface area contributed by atoms with Gasteiger partial charge in [-0.2, -0.15) is 0 Å². The van der Waals surface area contributed by atoms with Crippen molar-refractivity contribution < 1.29 is 23.8 Å². The maximum Gasteiger partial charge on any atom is 0.322 e. The van der Waals surface area contributed by atoms with Gasteiger partial charge < -0.3 is 20.4 Å². The molecule has 0 aromatic heterocycles. The number of aliphatic hydroxyl groups excluding tert-OH is 2. The molecule has 2 amide bonds. The van der Waals surface area contributed by atoms with Crippen LogP contribution in [0.4, 0.5) is 19.3 Å². The minimum absolute atomic E-state index is 0.0693. The molecule has 0 bridgehead atoms. The van der Waals surface area contributed by atoms with Crippen LogP contribution in [0.2, 0.25) is 0 Å². The van der Waals surface area contributed by atoms with E-state index in [0.717, 1.165) is 12.1 Å². The molecule has 1 fully saturated rings. The molecule has 2 rings (SSSR count). The number of aliphatic hydroxyl groups is 2. The molecule has 1 aliphatic rings. The SMILES string of the molecule is O=C(Nc1ccc(F)cc1F)N1C[C@H](O)C[C@H]1CO. The van der Waals surface area contributed by atoms with Gasteiger partial charge in [0.2, 0.25) is 0 Å². The van der Waals surface area contributed by atoms with E-state index in [1.807, 2.05) is 0 Å². The largest absolute Gasteiger partial charge is 0.394 e. The highest BCUT2D eigenvalue weighted by Crippen LogP contribution is 2.20. The number of hydrogen-bond acceptors (Lipinski definition) is 3. The van der Waals surface area contributed by atoms with Crippen molar-refractivity contribution in [2.24, 2.45) is 0 Å². The van der Waals surface area contributed by atoms with E-state index in [4.69, 9.17) is 5.11 Å². The predicted molar refractivity (Wildman–Crippen MR) is 63.6 cm³/mol. The van der Waals surface area contributed by atoms with Gasteiger partial charge >= 0.3 is 6.03 Å². The molecule has 2 atom stereocenters. The fraction of sp³-hybridized carbons (Fsp3) is 0.417. The van der Waals surface area contributed by atoms with Gasteiger partial charge in [-0.15, -0.1) is 0 Å². The number of carbonyl (C=O) groups excluding carboxylic acids is 1. The normalized spacial score (nSPS) is 22.6. The zero-order chi connectivity index (χ0) is 14.0. The lowest BCUT2D eigenvalue weighted by atomic mass is 10.2. The van der Waals surface area contributed by atoms with E-state index in [1.165, 1.54) is 4.90 Å². The summed E-state index contributed by atoms with van der Waals surface area (Å²) in [4.78, 5) is 13.1. The van der Waals surface area contributed by atoms with Crippen LogP contribution in [-0.2, 0) is 0 Å². The van der Waals surface area contributed by atoms with Crippen molar-refractivity contribution in [1.29, 1.82) is 0 Å². The van der Waals surface area contributed by atoms with Crippen molar-refractivity contribution in [1.82, 2.24) is 4.90 Å². The number of likely N-dealkylation sites (tertiary alicyclic amines) is 1. The van der Waals surface area contributed by atoms with Crippen molar-refractivity contribution in [2.45, 2.75) is 18.6 Å². The Kier molecular flexibility index (Phi) is 3.96. The number of β-amino-alcohol motifs (C(OH)–C–C–N with tert-alkyl or cyclic N) is 1. The summed E-state index contributed by atoms with van der Waals surface area (Å²) in [5.41, 5.74) is -0.149. The molecule has 1 heterocycles. The van der Waals surface area contributed by atoms with Gasteiger partial charge in [0.05, 0.1) is 24.4 Å². The van der Waals surface area contributed by atoms with E-state index >= 15 is 0 Å². The minimum atomic E-state index is -0.881. The summed E-state index contributed by atoms with van der Waals surface area (Å²) in [6.45, 7) is -0.212. The van der Waals surface area contributed by atoms with Crippen molar-refractivity contribution in [2.75, 3.05) is 18.5 Å². The van der Waals surface area contributed by atoms with Crippen LogP contribution in [0.3, 0.4) is 0 Å². The van der Waals surface area contributed by atoms with Gasteiger partial charge in [-0.05, 0) is 18.6 Å². The molecular formula is C12H14F2N2O3. The number of hydrogen-bond donors (Lipinski definition) is 3. The van der Waals surface area contributed by atoms with Crippen LogP contribution in [-0.4, -0.2) is 46.4 Å². The number of urea groups is 1. The van der Waals surface area contributed by atoms with E-state index in [-0.39, 0.29) is 25.3 Å². The first-order valence-corrected chi connectivity index (χ1v) is 5.83. The van der Waals surface area contributed by atoms with Gasteiger partial charge in [0.25, 0.3) is 0 Å². The average molecular weight is 272 g/mol. The van der Waals surface area contributed by atoms with Gasteiger partial charge in [-0.25, -0.2) is 13.6 Å². The summed E-state index contributed by atoms with van der Waals surface area (Å²) in [5.74, 6) is -1.62. The van der Waals surface area contributed by atoms with Gasteiger partial charge in [-0.3, -0.25) is 0 Å². The number of nitrogens with zero attached hydrogens (tertiary/aromatic N) is 1. The zero-order valence-electron chi connectivity index (χ0n) is 10.0. The van der Waals surface area contributed by atoms with Gasteiger partial charge in [0.1, 0.15) is 11.6 Å². The number of amides is 2. The van der Waals surface area contributed by atoms with Gasteiger partial charge in [-0.1, -0.05) is 0 Å². The summed E-state index contributed by atoms with van der Waals surface area (Å²) in [5, 5.41) is 20.8. The minimum Gasteiger partial charge on any atom is -0.394 e. The van der Waals surface area contributed by atoms with Gasteiger partial charge in [0.15, 0.2) is 0 Å². The first kappa shape index (κ1) is 13.7. The first-order valence-electron chi connectivity index (χ1n) is 5.83. The summed E-state index contributed by atoms with van der Waals surface area (Å²) < 4.78 is 26.1. The summed E-state index contributed by atoms with van der Waals surface area (Å²) in [6, 6.07) is 1.67. The van der Waals surface area contributed by atoms with Crippen LogP contribution in [0.15, 0.2) is 18.2 Å². The van der Waals surface area contributed by atoms with Crippen LogP contribution >= 0.6 is 0 Å². The number of nitrogens with one attached hydrogen (secondary N) is 1. The Morgan fingerprint density at radius 1 is 1.47 bits per heavy atom. The summed E-state index contributed by atoms with van der Waals surface area (Å²) >= 11 is 0. The standard InChI is InChI=1S/C12H14F2N2O3/c13-7-1-2-11(10(14)3-7)15-12(19)16-5-9(18)4-8(16)6-17/h1-3,8-9,17-18H,4-6H2,(H,15,19)/t8-,9+/m0/s1. The van der Waals surface area contributed by atoms with Crippen molar-refractivity contribution in [3.8, 4) is 0 Å². The number of halogens is 2. The second-order valence-corrected chi connectivity index (χ2v) is 4.43. The smallest absolute Gasteiger partial charge is 0.322 e. The van der Waals surface area contributed by atoms with E-state index in [0.29, 0.717) is 6.07 Å². The third-order valence-corrected chi connectivity index (χ3v) is 3.04. The third kappa shape index (κ3) is 2.99. The molecule has 0 spiro atoms. The number of benzene rings is 1. The topological polar surface area (TPSA) is 72.8 Å².